The Morgan fingerprint density at radius 2 is 1.74 bits per heavy atom. The molecule has 0 bridgehead atoms. The van der Waals surface area contributed by atoms with Gasteiger partial charge in [-0.15, -0.1) is 11.3 Å². The number of fused-ring (bicyclic) bond motifs is 2. The molecule has 0 saturated heterocycles. The molecule has 2 N–H and O–H groups in total. The van der Waals surface area contributed by atoms with Gasteiger partial charge in [-0.05, 0) is 67.8 Å². The monoisotopic (exact) mass is 504 g/mol. The second-order valence-corrected chi connectivity index (χ2v) is 10.1. The zero-order valence-corrected chi connectivity index (χ0v) is 20.8. The summed E-state index contributed by atoms with van der Waals surface area (Å²) in [5.41, 5.74) is 2.34. The number of amides is 2. The van der Waals surface area contributed by atoms with Crippen molar-refractivity contribution in [2.75, 3.05) is 10.6 Å². The van der Waals surface area contributed by atoms with Crippen molar-refractivity contribution in [2.45, 2.75) is 38.7 Å². The van der Waals surface area contributed by atoms with E-state index in [4.69, 9.17) is 16.3 Å². The van der Waals surface area contributed by atoms with Gasteiger partial charge >= 0.3 is 0 Å². The van der Waals surface area contributed by atoms with Crippen LogP contribution in [0.5, 0.6) is 5.75 Å². The van der Waals surface area contributed by atoms with Crippen molar-refractivity contribution >= 4 is 56.2 Å². The molecule has 0 radical (unpaired) electrons. The third-order valence-electron chi connectivity index (χ3n) is 6.15. The van der Waals surface area contributed by atoms with Crippen LogP contribution in [0.25, 0.3) is 10.8 Å². The van der Waals surface area contributed by atoms with E-state index < -0.39 is 6.10 Å². The molecule has 35 heavy (non-hydrogen) atoms. The van der Waals surface area contributed by atoms with Crippen molar-refractivity contribution in [3.05, 3.63) is 87.8 Å². The molecular formula is C28H25ClN2O3S. The van der Waals surface area contributed by atoms with Crippen molar-refractivity contribution in [3.8, 4) is 5.75 Å². The molecule has 0 fully saturated rings. The first-order valence-corrected chi connectivity index (χ1v) is 12.9. The lowest BCUT2D eigenvalue weighted by atomic mass is 9.95. The van der Waals surface area contributed by atoms with Gasteiger partial charge in [0.2, 0.25) is 0 Å². The number of benzene rings is 3. The van der Waals surface area contributed by atoms with Crippen LogP contribution in [0.4, 0.5) is 10.7 Å². The van der Waals surface area contributed by atoms with E-state index >= 15 is 0 Å². The molecule has 0 spiro atoms. The summed E-state index contributed by atoms with van der Waals surface area (Å²) in [6, 6.07) is 20.7. The highest BCUT2D eigenvalue weighted by Gasteiger charge is 2.28. The Hall–Kier alpha value is -3.35. The number of halogens is 1. The number of carbonyl (C=O) groups excluding carboxylic acids is 2. The highest BCUT2D eigenvalue weighted by atomic mass is 35.5. The number of hydrogen-bond acceptors (Lipinski definition) is 4. The molecule has 1 heterocycles. The molecule has 1 aliphatic rings. The Morgan fingerprint density at radius 3 is 2.60 bits per heavy atom. The van der Waals surface area contributed by atoms with E-state index in [1.165, 1.54) is 11.3 Å². The maximum absolute atomic E-state index is 13.6. The number of rotatable bonds is 6. The lowest BCUT2D eigenvalue weighted by Crippen LogP contribution is -2.30. The van der Waals surface area contributed by atoms with Crippen LogP contribution in [-0.2, 0) is 17.6 Å². The molecule has 4 aromatic rings. The highest BCUT2D eigenvalue weighted by molar-refractivity contribution is 7.17. The standard InChI is InChI=1S/C28H25ClN2O3S/c1-17(34-20-11-7-10-19(29)16-20)26(32)31-28-25(22-13-4-5-15-24(22)35-28)27(33)30-23-14-6-9-18-8-2-3-12-21(18)23/h2-3,6-12,14,16-17H,4-5,13,15H2,1H3,(H,30,33)(H,31,32)/t17-/m1/s1. The molecule has 7 heteroatoms. The molecule has 1 aromatic heterocycles. The summed E-state index contributed by atoms with van der Waals surface area (Å²) in [5.74, 6) is -0.0122. The van der Waals surface area contributed by atoms with Crippen LogP contribution in [-0.4, -0.2) is 17.9 Å². The predicted molar refractivity (Wildman–Crippen MR) is 143 cm³/mol. The molecule has 5 rings (SSSR count). The Kier molecular flexibility index (Phi) is 6.75. The third-order valence-corrected chi connectivity index (χ3v) is 7.59. The minimum absolute atomic E-state index is 0.209. The Labute approximate surface area is 213 Å². The second kappa shape index (κ2) is 10.1. The minimum atomic E-state index is -0.762. The molecule has 1 aliphatic carbocycles. The summed E-state index contributed by atoms with van der Waals surface area (Å²) in [4.78, 5) is 27.8. The number of nitrogens with one attached hydrogen (secondary N) is 2. The minimum Gasteiger partial charge on any atom is -0.481 e. The van der Waals surface area contributed by atoms with E-state index in [9.17, 15) is 9.59 Å². The Balaban J connectivity index is 1.41. The lowest BCUT2D eigenvalue weighted by Gasteiger charge is -2.16. The number of thiophene rings is 1. The van der Waals surface area contributed by atoms with Crippen LogP contribution in [0, 0.1) is 0 Å². The fourth-order valence-electron chi connectivity index (χ4n) is 4.42. The fourth-order valence-corrected chi connectivity index (χ4v) is 5.89. The van der Waals surface area contributed by atoms with Crippen molar-refractivity contribution < 1.29 is 14.3 Å². The fraction of sp³-hybridized carbons (Fsp3) is 0.214. The third kappa shape index (κ3) is 5.04. The molecule has 0 aliphatic heterocycles. The van der Waals surface area contributed by atoms with Gasteiger partial charge in [-0.3, -0.25) is 9.59 Å². The maximum Gasteiger partial charge on any atom is 0.265 e. The summed E-state index contributed by atoms with van der Waals surface area (Å²) < 4.78 is 5.78. The first-order chi connectivity index (χ1) is 17.0. The molecule has 3 aromatic carbocycles. The van der Waals surface area contributed by atoms with E-state index in [1.807, 2.05) is 42.5 Å². The van der Waals surface area contributed by atoms with E-state index in [-0.39, 0.29) is 11.8 Å². The Morgan fingerprint density at radius 1 is 0.971 bits per heavy atom. The predicted octanol–water partition coefficient (Wildman–Crippen LogP) is 7.09. The summed E-state index contributed by atoms with van der Waals surface area (Å²) in [6.07, 6.45) is 3.09. The molecule has 1 atom stereocenters. The van der Waals surface area contributed by atoms with Gasteiger partial charge in [0.25, 0.3) is 11.8 Å². The summed E-state index contributed by atoms with van der Waals surface area (Å²) in [5, 5.41) is 9.20. The largest absolute Gasteiger partial charge is 0.481 e. The maximum atomic E-state index is 13.6. The van der Waals surface area contributed by atoms with Crippen LogP contribution in [0.2, 0.25) is 5.02 Å². The van der Waals surface area contributed by atoms with Crippen LogP contribution in [0.3, 0.4) is 0 Å². The van der Waals surface area contributed by atoms with Crippen LogP contribution in [0.15, 0.2) is 66.7 Å². The number of carbonyl (C=O) groups is 2. The van der Waals surface area contributed by atoms with Gasteiger partial charge in [0, 0.05) is 21.0 Å². The average Bonchev–Trinajstić information content (AvgIpc) is 3.22. The van der Waals surface area contributed by atoms with Gasteiger partial charge in [0.15, 0.2) is 6.10 Å². The second-order valence-electron chi connectivity index (χ2n) is 8.60. The summed E-state index contributed by atoms with van der Waals surface area (Å²) in [7, 11) is 0. The summed E-state index contributed by atoms with van der Waals surface area (Å²) in [6.45, 7) is 1.68. The number of anilines is 2. The van der Waals surface area contributed by atoms with Gasteiger partial charge in [0.1, 0.15) is 10.8 Å². The van der Waals surface area contributed by atoms with Crippen LogP contribution >= 0.6 is 22.9 Å². The van der Waals surface area contributed by atoms with E-state index in [0.717, 1.165) is 52.6 Å². The number of hydrogen-bond donors (Lipinski definition) is 2. The Bertz CT molecular complexity index is 1410. The van der Waals surface area contributed by atoms with Crippen LogP contribution < -0.4 is 15.4 Å². The number of aryl methyl sites for hydroxylation is 1. The van der Waals surface area contributed by atoms with Gasteiger partial charge in [-0.2, -0.15) is 0 Å². The van der Waals surface area contributed by atoms with Gasteiger partial charge in [-0.1, -0.05) is 54.1 Å². The van der Waals surface area contributed by atoms with Crippen molar-refractivity contribution in [1.82, 2.24) is 0 Å². The molecule has 0 unspecified atom stereocenters. The molecule has 0 saturated carbocycles. The normalized spacial score (nSPS) is 13.7. The van der Waals surface area contributed by atoms with E-state index in [0.29, 0.717) is 21.3 Å². The molecular weight excluding hydrogens is 480 g/mol. The zero-order chi connectivity index (χ0) is 24.4. The quantitative estimate of drug-likeness (QED) is 0.294. The number of ether oxygens (including phenoxy) is 1. The molecule has 178 valence electrons. The van der Waals surface area contributed by atoms with Gasteiger partial charge in [-0.25, -0.2) is 0 Å². The van der Waals surface area contributed by atoms with Crippen molar-refractivity contribution in [3.63, 3.8) is 0 Å². The first kappa shape index (κ1) is 23.4. The topological polar surface area (TPSA) is 67.4 Å². The SMILES string of the molecule is C[C@@H](Oc1cccc(Cl)c1)C(=O)Nc1sc2c(c1C(=O)Nc1cccc3ccccc13)CCCC2. The summed E-state index contributed by atoms with van der Waals surface area (Å²) >= 11 is 7.52. The molecule has 2 amide bonds. The lowest BCUT2D eigenvalue weighted by molar-refractivity contribution is -0.122. The molecule has 5 nitrogen and oxygen atoms in total. The first-order valence-electron chi connectivity index (χ1n) is 11.7. The average molecular weight is 505 g/mol. The van der Waals surface area contributed by atoms with Crippen LogP contribution in [0.1, 0.15) is 40.6 Å². The van der Waals surface area contributed by atoms with Gasteiger partial charge < -0.3 is 15.4 Å². The smallest absolute Gasteiger partial charge is 0.265 e. The zero-order valence-electron chi connectivity index (χ0n) is 19.3. The highest BCUT2D eigenvalue weighted by Crippen LogP contribution is 2.39. The van der Waals surface area contributed by atoms with Crippen molar-refractivity contribution in [1.29, 1.82) is 0 Å². The van der Waals surface area contributed by atoms with Crippen molar-refractivity contribution in [2.24, 2.45) is 0 Å². The van der Waals surface area contributed by atoms with E-state index in [2.05, 4.69) is 10.6 Å². The van der Waals surface area contributed by atoms with E-state index in [1.54, 1.807) is 31.2 Å². The van der Waals surface area contributed by atoms with Gasteiger partial charge in [0.05, 0.1) is 5.56 Å².